The van der Waals surface area contributed by atoms with Gasteiger partial charge in [-0.05, 0) is 27.4 Å². The van der Waals surface area contributed by atoms with Crippen LogP contribution in [0.4, 0.5) is 11.5 Å². The van der Waals surface area contributed by atoms with Gasteiger partial charge in [-0.1, -0.05) is 48.0 Å². The number of hydrogen-bond acceptors (Lipinski definition) is 3. The summed E-state index contributed by atoms with van der Waals surface area (Å²) in [7, 11) is 0. The lowest BCUT2D eigenvalue weighted by Crippen LogP contribution is -1.96. The average Bonchev–Trinajstić information content (AvgIpc) is 2.44. The van der Waals surface area contributed by atoms with Crippen molar-refractivity contribution in [1.29, 1.82) is 0 Å². The summed E-state index contributed by atoms with van der Waals surface area (Å²) in [6, 6.07) is 14.2. The van der Waals surface area contributed by atoms with E-state index in [4.69, 9.17) is 11.6 Å². The van der Waals surface area contributed by atoms with Crippen molar-refractivity contribution in [3.05, 3.63) is 58.4 Å². The largest absolute Gasteiger partial charge is 0.339 e. The Morgan fingerprint density at radius 3 is 2.68 bits per heavy atom. The van der Waals surface area contributed by atoms with E-state index in [1.54, 1.807) is 0 Å². The molecule has 5 heteroatoms. The quantitative estimate of drug-likeness (QED) is 0.685. The number of hydrogen-bond donors (Lipinski definition) is 1. The molecule has 0 saturated heterocycles. The van der Waals surface area contributed by atoms with E-state index in [9.17, 15) is 0 Å². The summed E-state index contributed by atoms with van der Waals surface area (Å²) in [5.74, 6) is 0.649. The van der Waals surface area contributed by atoms with Crippen LogP contribution in [0.25, 0.3) is 10.8 Å². The van der Waals surface area contributed by atoms with Gasteiger partial charge in [-0.2, -0.15) is 0 Å². The second kappa shape index (κ2) is 5.15. The van der Waals surface area contributed by atoms with Gasteiger partial charge in [0.05, 0.1) is 4.47 Å². The van der Waals surface area contributed by atoms with Gasteiger partial charge in [0.1, 0.15) is 17.3 Å². The highest BCUT2D eigenvalue weighted by Crippen LogP contribution is 2.31. The van der Waals surface area contributed by atoms with Crippen molar-refractivity contribution in [2.24, 2.45) is 0 Å². The van der Waals surface area contributed by atoms with E-state index >= 15 is 0 Å². The fourth-order valence-corrected chi connectivity index (χ4v) is 2.33. The molecule has 0 radical (unpaired) electrons. The van der Waals surface area contributed by atoms with Crippen LogP contribution in [0, 0.1) is 0 Å². The Hall–Kier alpha value is -1.65. The number of nitrogens with zero attached hydrogens (tertiary/aromatic N) is 2. The first-order valence-corrected chi connectivity index (χ1v) is 6.83. The van der Waals surface area contributed by atoms with Crippen LogP contribution in [-0.4, -0.2) is 9.97 Å². The van der Waals surface area contributed by atoms with Crippen LogP contribution in [-0.2, 0) is 0 Å². The van der Waals surface area contributed by atoms with E-state index in [1.807, 2.05) is 24.3 Å². The van der Waals surface area contributed by atoms with Crippen molar-refractivity contribution in [2.75, 3.05) is 5.32 Å². The summed E-state index contributed by atoms with van der Waals surface area (Å²) in [4.78, 5) is 8.10. The molecule has 3 nitrogen and oxygen atoms in total. The van der Waals surface area contributed by atoms with Crippen molar-refractivity contribution in [3.8, 4) is 0 Å². The van der Waals surface area contributed by atoms with E-state index < -0.39 is 0 Å². The van der Waals surface area contributed by atoms with Crippen LogP contribution in [0.1, 0.15) is 0 Å². The number of anilines is 2. The molecule has 0 aliphatic heterocycles. The molecule has 1 aromatic heterocycles. The molecule has 19 heavy (non-hydrogen) atoms. The van der Waals surface area contributed by atoms with Gasteiger partial charge in [-0.25, -0.2) is 9.97 Å². The lowest BCUT2D eigenvalue weighted by atomic mass is 10.1. The summed E-state index contributed by atoms with van der Waals surface area (Å²) in [5, 5.41) is 5.96. The Kier molecular flexibility index (Phi) is 3.36. The summed E-state index contributed by atoms with van der Waals surface area (Å²) >= 11 is 9.34. The molecule has 94 valence electrons. The maximum Gasteiger partial charge on any atom is 0.149 e. The summed E-state index contributed by atoms with van der Waals surface area (Å²) in [6.45, 7) is 0. The number of fused-ring (bicyclic) bond motifs is 1. The topological polar surface area (TPSA) is 37.8 Å². The van der Waals surface area contributed by atoms with E-state index in [2.05, 4.69) is 49.4 Å². The average molecular weight is 335 g/mol. The number of aromatic nitrogens is 2. The predicted molar refractivity (Wildman–Crippen MR) is 82.0 cm³/mol. The molecule has 0 bridgehead atoms. The second-order valence-electron chi connectivity index (χ2n) is 3.98. The molecule has 0 fully saturated rings. The van der Waals surface area contributed by atoms with E-state index in [0.717, 1.165) is 11.1 Å². The van der Waals surface area contributed by atoms with E-state index in [1.165, 1.54) is 11.7 Å². The third kappa shape index (κ3) is 2.41. The molecule has 1 heterocycles. The van der Waals surface area contributed by atoms with Gasteiger partial charge >= 0.3 is 0 Å². The minimum absolute atomic E-state index is 0.387. The molecule has 0 spiro atoms. The molecule has 1 N–H and O–H groups in total. The molecule has 0 amide bonds. The summed E-state index contributed by atoms with van der Waals surface area (Å²) < 4.78 is 0.657. The van der Waals surface area contributed by atoms with Crippen molar-refractivity contribution in [2.45, 2.75) is 0 Å². The molecule has 3 rings (SSSR count). The number of benzene rings is 2. The van der Waals surface area contributed by atoms with Gasteiger partial charge in [0.25, 0.3) is 0 Å². The molecule has 0 saturated carbocycles. The third-order valence-electron chi connectivity index (χ3n) is 2.79. The maximum atomic E-state index is 5.96. The lowest BCUT2D eigenvalue weighted by Gasteiger charge is -2.10. The van der Waals surface area contributed by atoms with Gasteiger partial charge in [-0.3, -0.25) is 0 Å². The highest BCUT2D eigenvalue weighted by atomic mass is 79.9. The first-order valence-electron chi connectivity index (χ1n) is 5.66. The molecule has 3 aromatic rings. The Morgan fingerprint density at radius 2 is 1.79 bits per heavy atom. The Morgan fingerprint density at radius 1 is 1.00 bits per heavy atom. The van der Waals surface area contributed by atoms with Crippen LogP contribution in [0.3, 0.4) is 0 Å². The fraction of sp³-hybridized carbons (Fsp3) is 0. The predicted octanol–water partition coefficient (Wildman–Crippen LogP) is 4.79. The van der Waals surface area contributed by atoms with Crippen molar-refractivity contribution in [1.82, 2.24) is 9.97 Å². The minimum atomic E-state index is 0.387. The van der Waals surface area contributed by atoms with Gasteiger partial charge in [0.2, 0.25) is 0 Å². The van der Waals surface area contributed by atoms with Crippen LogP contribution < -0.4 is 5.32 Å². The highest BCUT2D eigenvalue weighted by molar-refractivity contribution is 9.10. The van der Waals surface area contributed by atoms with Crippen LogP contribution in [0.15, 0.2) is 53.3 Å². The number of halogens is 2. The molecule has 0 aliphatic carbocycles. The van der Waals surface area contributed by atoms with Gasteiger partial charge in [0.15, 0.2) is 0 Å². The second-order valence-corrected chi connectivity index (χ2v) is 5.13. The first kappa shape index (κ1) is 12.4. The number of rotatable bonds is 2. The zero-order chi connectivity index (χ0) is 13.2. The number of nitrogens with one attached hydrogen (secondary N) is 1. The standard InChI is InChI=1S/C14H9BrClN3/c15-12-13(16)17-8-18-14(12)19-11-7-3-5-9-4-1-2-6-10(9)11/h1-8H,(H,17,18,19). The molecule has 2 aromatic carbocycles. The Balaban J connectivity index is 2.09. The van der Waals surface area contributed by atoms with Gasteiger partial charge in [0, 0.05) is 11.1 Å². The van der Waals surface area contributed by atoms with Crippen LogP contribution >= 0.6 is 27.5 Å². The molecule has 0 unspecified atom stereocenters. The Labute approximate surface area is 123 Å². The van der Waals surface area contributed by atoms with Gasteiger partial charge < -0.3 is 5.32 Å². The normalized spacial score (nSPS) is 10.6. The zero-order valence-corrected chi connectivity index (χ0v) is 12.1. The SMILES string of the molecule is Clc1ncnc(Nc2cccc3ccccc23)c1Br. The van der Waals surface area contributed by atoms with E-state index in [0.29, 0.717) is 15.4 Å². The summed E-state index contributed by atoms with van der Waals surface area (Å²) in [5.41, 5.74) is 0.980. The minimum Gasteiger partial charge on any atom is -0.339 e. The lowest BCUT2D eigenvalue weighted by molar-refractivity contribution is 1.15. The Bertz CT molecular complexity index is 740. The van der Waals surface area contributed by atoms with E-state index in [-0.39, 0.29) is 0 Å². The molecular formula is C14H9BrClN3. The molecule has 0 atom stereocenters. The van der Waals surface area contributed by atoms with Crippen molar-refractivity contribution < 1.29 is 0 Å². The van der Waals surface area contributed by atoms with Crippen LogP contribution in [0.5, 0.6) is 0 Å². The molecule has 0 aliphatic rings. The summed E-state index contributed by atoms with van der Waals surface area (Å²) in [6.07, 6.45) is 1.43. The third-order valence-corrected chi connectivity index (χ3v) is 4.06. The maximum absolute atomic E-state index is 5.96. The zero-order valence-electron chi connectivity index (χ0n) is 9.77. The molecular weight excluding hydrogens is 326 g/mol. The fourth-order valence-electron chi connectivity index (χ4n) is 1.90. The highest BCUT2D eigenvalue weighted by Gasteiger charge is 2.08. The smallest absolute Gasteiger partial charge is 0.149 e. The van der Waals surface area contributed by atoms with Crippen molar-refractivity contribution in [3.63, 3.8) is 0 Å². The van der Waals surface area contributed by atoms with Crippen molar-refractivity contribution >= 4 is 49.8 Å². The van der Waals surface area contributed by atoms with Crippen LogP contribution in [0.2, 0.25) is 5.15 Å². The van der Waals surface area contributed by atoms with Gasteiger partial charge in [-0.15, -0.1) is 0 Å². The first-order chi connectivity index (χ1) is 9.25. The monoisotopic (exact) mass is 333 g/mol.